The van der Waals surface area contributed by atoms with Crippen LogP contribution in [-0.4, -0.2) is 11.0 Å². The molecule has 0 spiro atoms. The molecular formula is C14H11ClINO2. The summed E-state index contributed by atoms with van der Waals surface area (Å²) in [5, 5.41) is 12.6. The summed E-state index contributed by atoms with van der Waals surface area (Å²) >= 11 is 7.98. The molecule has 2 N–H and O–H groups in total. The molecule has 0 aliphatic rings. The highest BCUT2D eigenvalue weighted by atomic mass is 127. The minimum atomic E-state index is -0.106. The lowest BCUT2D eigenvalue weighted by Gasteiger charge is -2.08. The first-order chi connectivity index (χ1) is 9.04. The lowest BCUT2D eigenvalue weighted by molar-refractivity contribution is -0.115. The van der Waals surface area contributed by atoms with Gasteiger partial charge in [-0.2, -0.15) is 0 Å². The minimum Gasteiger partial charge on any atom is -0.508 e. The van der Waals surface area contributed by atoms with Gasteiger partial charge in [-0.15, -0.1) is 0 Å². The number of hydrogen-bond acceptors (Lipinski definition) is 2. The number of hydrogen-bond donors (Lipinski definition) is 2. The Morgan fingerprint density at radius 3 is 2.53 bits per heavy atom. The van der Waals surface area contributed by atoms with Crippen LogP contribution in [-0.2, 0) is 11.2 Å². The van der Waals surface area contributed by atoms with Gasteiger partial charge >= 0.3 is 0 Å². The first-order valence-corrected chi connectivity index (χ1v) is 7.03. The molecule has 0 radical (unpaired) electrons. The Morgan fingerprint density at radius 2 is 1.89 bits per heavy atom. The van der Waals surface area contributed by atoms with Crippen LogP contribution in [0.4, 0.5) is 5.69 Å². The highest BCUT2D eigenvalue weighted by molar-refractivity contribution is 14.1. The van der Waals surface area contributed by atoms with Crippen molar-refractivity contribution in [1.82, 2.24) is 0 Å². The van der Waals surface area contributed by atoms with Gasteiger partial charge in [0.1, 0.15) is 5.75 Å². The Bertz CT molecular complexity index is 599. The number of amides is 1. The summed E-state index contributed by atoms with van der Waals surface area (Å²) in [5.74, 6) is 0.0855. The fourth-order valence-electron chi connectivity index (χ4n) is 1.58. The summed E-state index contributed by atoms with van der Waals surface area (Å²) in [7, 11) is 0. The molecule has 0 aromatic heterocycles. The molecular weight excluding hydrogens is 377 g/mol. The molecule has 0 unspecified atom stereocenters. The topological polar surface area (TPSA) is 49.3 Å². The van der Waals surface area contributed by atoms with Crippen LogP contribution in [0.1, 0.15) is 5.56 Å². The van der Waals surface area contributed by atoms with Gasteiger partial charge in [0.25, 0.3) is 0 Å². The van der Waals surface area contributed by atoms with E-state index < -0.39 is 0 Å². The zero-order chi connectivity index (χ0) is 13.8. The Balaban J connectivity index is 2.03. The van der Waals surface area contributed by atoms with Gasteiger partial charge in [-0.25, -0.2) is 0 Å². The molecule has 0 saturated heterocycles. The van der Waals surface area contributed by atoms with E-state index in [1.807, 2.05) is 0 Å². The number of halogens is 2. The van der Waals surface area contributed by atoms with E-state index >= 15 is 0 Å². The molecule has 0 heterocycles. The van der Waals surface area contributed by atoms with Crippen molar-refractivity contribution in [2.45, 2.75) is 6.42 Å². The van der Waals surface area contributed by atoms with Crippen LogP contribution in [0.25, 0.3) is 0 Å². The summed E-state index contributed by atoms with van der Waals surface area (Å²) in [6, 6.07) is 11.9. The number of carbonyl (C=O) groups excluding carboxylic acids is 1. The van der Waals surface area contributed by atoms with E-state index in [2.05, 4.69) is 27.9 Å². The van der Waals surface area contributed by atoms with Crippen LogP contribution >= 0.6 is 34.2 Å². The molecule has 3 nitrogen and oxygen atoms in total. The van der Waals surface area contributed by atoms with E-state index in [0.717, 1.165) is 14.8 Å². The normalized spacial score (nSPS) is 10.2. The standard InChI is InChI=1S/C14H11ClINO2/c15-10-3-6-13(12(16)8-10)17-14(19)7-9-1-4-11(18)5-2-9/h1-6,8,18H,7H2,(H,17,19). The summed E-state index contributed by atoms with van der Waals surface area (Å²) in [5.41, 5.74) is 1.59. The third-order valence-electron chi connectivity index (χ3n) is 2.51. The maximum absolute atomic E-state index is 11.9. The van der Waals surface area contributed by atoms with Crippen LogP contribution in [0.15, 0.2) is 42.5 Å². The first kappa shape index (κ1) is 14.1. The molecule has 0 bridgehead atoms. The molecule has 0 fully saturated rings. The molecule has 98 valence electrons. The van der Waals surface area contributed by atoms with E-state index in [4.69, 9.17) is 11.6 Å². The Kier molecular flexibility index (Phi) is 4.66. The number of carbonyl (C=O) groups is 1. The van der Waals surface area contributed by atoms with Gasteiger partial charge in [0.15, 0.2) is 0 Å². The van der Waals surface area contributed by atoms with Crippen molar-refractivity contribution in [2.75, 3.05) is 5.32 Å². The van der Waals surface area contributed by atoms with Crippen LogP contribution in [0, 0.1) is 3.57 Å². The quantitative estimate of drug-likeness (QED) is 0.787. The average molecular weight is 388 g/mol. The average Bonchev–Trinajstić information content (AvgIpc) is 2.36. The third kappa shape index (κ3) is 4.11. The van der Waals surface area contributed by atoms with E-state index in [9.17, 15) is 9.90 Å². The van der Waals surface area contributed by atoms with Crippen molar-refractivity contribution in [3.8, 4) is 5.75 Å². The zero-order valence-electron chi connectivity index (χ0n) is 9.86. The van der Waals surface area contributed by atoms with Crippen molar-refractivity contribution in [1.29, 1.82) is 0 Å². The van der Waals surface area contributed by atoms with Crippen LogP contribution in [0.5, 0.6) is 5.75 Å². The summed E-state index contributed by atoms with van der Waals surface area (Å²) in [6.45, 7) is 0. The minimum absolute atomic E-state index is 0.106. The maximum atomic E-state index is 11.9. The lowest BCUT2D eigenvalue weighted by Crippen LogP contribution is -2.15. The van der Waals surface area contributed by atoms with Crippen molar-refractivity contribution in [3.63, 3.8) is 0 Å². The molecule has 0 atom stereocenters. The predicted molar refractivity (Wildman–Crippen MR) is 84.6 cm³/mol. The van der Waals surface area contributed by atoms with Gasteiger partial charge in [-0.3, -0.25) is 4.79 Å². The highest BCUT2D eigenvalue weighted by Gasteiger charge is 2.07. The second-order valence-electron chi connectivity index (χ2n) is 4.02. The van der Waals surface area contributed by atoms with Crippen LogP contribution in [0.2, 0.25) is 5.02 Å². The van der Waals surface area contributed by atoms with Gasteiger partial charge in [0.2, 0.25) is 5.91 Å². The van der Waals surface area contributed by atoms with Gasteiger partial charge in [0, 0.05) is 8.59 Å². The molecule has 5 heteroatoms. The predicted octanol–water partition coefficient (Wildman–Crippen LogP) is 3.83. The fraction of sp³-hybridized carbons (Fsp3) is 0.0714. The Labute approximate surface area is 129 Å². The summed E-state index contributed by atoms with van der Waals surface area (Å²) in [6.07, 6.45) is 0.263. The van der Waals surface area contributed by atoms with Crippen LogP contribution in [0.3, 0.4) is 0 Å². The SMILES string of the molecule is O=C(Cc1ccc(O)cc1)Nc1ccc(Cl)cc1I. The first-order valence-electron chi connectivity index (χ1n) is 5.57. The van der Waals surface area contributed by atoms with Crippen LogP contribution < -0.4 is 5.32 Å². The largest absolute Gasteiger partial charge is 0.508 e. The molecule has 0 aliphatic carbocycles. The maximum Gasteiger partial charge on any atom is 0.228 e. The van der Waals surface area contributed by atoms with Gasteiger partial charge in [-0.1, -0.05) is 23.7 Å². The molecule has 2 rings (SSSR count). The summed E-state index contributed by atoms with van der Waals surface area (Å²) < 4.78 is 0.893. The lowest BCUT2D eigenvalue weighted by atomic mass is 10.1. The van der Waals surface area contributed by atoms with Gasteiger partial charge < -0.3 is 10.4 Å². The fourth-order valence-corrected chi connectivity index (χ4v) is 2.59. The molecule has 1 amide bonds. The van der Waals surface area contributed by atoms with Crippen molar-refractivity contribution in [2.24, 2.45) is 0 Å². The Hall–Kier alpha value is -1.27. The number of aromatic hydroxyl groups is 1. The number of nitrogens with one attached hydrogen (secondary N) is 1. The number of phenols is 1. The van der Waals surface area contributed by atoms with Gasteiger partial charge in [-0.05, 0) is 58.5 Å². The molecule has 0 aliphatic heterocycles. The molecule has 19 heavy (non-hydrogen) atoms. The van der Waals surface area contributed by atoms with E-state index in [1.54, 1.807) is 42.5 Å². The number of anilines is 1. The van der Waals surface area contributed by atoms with Crippen molar-refractivity contribution >= 4 is 45.8 Å². The second kappa shape index (κ2) is 6.25. The highest BCUT2D eigenvalue weighted by Crippen LogP contribution is 2.22. The van der Waals surface area contributed by atoms with Gasteiger partial charge in [0.05, 0.1) is 12.1 Å². The third-order valence-corrected chi connectivity index (χ3v) is 3.63. The molecule has 0 saturated carbocycles. The number of phenolic OH excluding ortho intramolecular Hbond substituents is 1. The number of rotatable bonds is 3. The van der Waals surface area contributed by atoms with E-state index in [0.29, 0.717) is 5.02 Å². The summed E-state index contributed by atoms with van der Waals surface area (Å²) in [4.78, 5) is 11.9. The molecule has 2 aromatic carbocycles. The second-order valence-corrected chi connectivity index (χ2v) is 5.61. The van der Waals surface area contributed by atoms with Crippen molar-refractivity contribution in [3.05, 3.63) is 56.6 Å². The number of benzene rings is 2. The smallest absolute Gasteiger partial charge is 0.228 e. The Morgan fingerprint density at radius 1 is 1.21 bits per heavy atom. The van der Waals surface area contributed by atoms with E-state index in [-0.39, 0.29) is 18.1 Å². The zero-order valence-corrected chi connectivity index (χ0v) is 12.8. The van der Waals surface area contributed by atoms with E-state index in [1.165, 1.54) is 0 Å². The monoisotopic (exact) mass is 387 g/mol. The molecule has 2 aromatic rings. The van der Waals surface area contributed by atoms with Crippen molar-refractivity contribution < 1.29 is 9.90 Å².